The molecule has 2 unspecified atom stereocenters. The molecule has 0 amide bonds. The summed E-state index contributed by atoms with van der Waals surface area (Å²) in [5, 5.41) is 11.7. The van der Waals surface area contributed by atoms with Gasteiger partial charge in [-0.3, -0.25) is 9.59 Å². The number of carbonyl (C=O) groups excluding carboxylic acids is 3. The summed E-state index contributed by atoms with van der Waals surface area (Å²) in [5.74, 6) is -2.27. The van der Waals surface area contributed by atoms with Crippen molar-refractivity contribution < 1.29 is 42.9 Å². The molecule has 0 aliphatic carbocycles. The molecule has 0 aliphatic rings. The van der Waals surface area contributed by atoms with Crippen molar-refractivity contribution >= 4 is 17.9 Å². The third kappa shape index (κ3) is 51.4. The normalized spacial score (nSPS) is 13.0. The maximum atomic E-state index is 12.8. The number of rotatable bonds is 53. The number of nitrogens with zero attached hydrogens (tertiary/aromatic N) is 1. The average Bonchev–Trinajstić information content (AvgIpc) is 3.30. The zero-order chi connectivity index (χ0) is 49.9. The summed E-state index contributed by atoms with van der Waals surface area (Å²) in [6, 6.07) is 0. The Balaban J connectivity index is 4.16. The molecule has 0 fully saturated rings. The van der Waals surface area contributed by atoms with Crippen molar-refractivity contribution in [2.75, 3.05) is 47.5 Å². The third-order valence-electron chi connectivity index (χ3n) is 12.6. The first kappa shape index (κ1) is 65.5. The van der Waals surface area contributed by atoms with Crippen LogP contribution in [0.3, 0.4) is 0 Å². The summed E-state index contributed by atoms with van der Waals surface area (Å²) in [5.41, 5.74) is 0. The van der Waals surface area contributed by atoms with Crippen LogP contribution in [0.15, 0.2) is 36.5 Å². The molecule has 9 nitrogen and oxygen atoms in total. The Labute approximate surface area is 420 Å². The quantitative estimate of drug-likeness (QED) is 0.0195. The molecule has 0 rings (SSSR count). The van der Waals surface area contributed by atoms with Crippen LogP contribution in [-0.2, 0) is 33.3 Å². The highest BCUT2D eigenvalue weighted by atomic mass is 16.7. The number of hydrogen-bond donors (Lipinski definition) is 0. The molecule has 0 saturated carbocycles. The van der Waals surface area contributed by atoms with Crippen molar-refractivity contribution in [3.05, 3.63) is 36.5 Å². The van der Waals surface area contributed by atoms with Crippen molar-refractivity contribution in [3.8, 4) is 0 Å². The summed E-state index contributed by atoms with van der Waals surface area (Å²) in [6.07, 6.45) is 57.6. The Kier molecular flexibility index (Phi) is 49.0. The van der Waals surface area contributed by atoms with Crippen LogP contribution in [0, 0.1) is 0 Å². The van der Waals surface area contributed by atoms with Crippen LogP contribution in [0.4, 0.5) is 0 Å². The maximum absolute atomic E-state index is 12.8. The number of likely N-dealkylation sites (N-methyl/N-ethyl adjacent to an activating group) is 1. The predicted molar refractivity (Wildman–Crippen MR) is 283 cm³/mol. The van der Waals surface area contributed by atoms with E-state index in [1.807, 2.05) is 21.1 Å². The van der Waals surface area contributed by atoms with Crippen molar-refractivity contribution in [2.24, 2.45) is 0 Å². The van der Waals surface area contributed by atoms with E-state index in [1.54, 1.807) is 0 Å². The van der Waals surface area contributed by atoms with Crippen molar-refractivity contribution in [1.29, 1.82) is 0 Å². The summed E-state index contributed by atoms with van der Waals surface area (Å²) in [4.78, 5) is 37.2. The molecule has 0 saturated heterocycles. The van der Waals surface area contributed by atoms with E-state index in [9.17, 15) is 19.5 Å². The van der Waals surface area contributed by atoms with E-state index in [2.05, 4.69) is 50.3 Å². The number of allylic oxidation sites excluding steroid dienone is 6. The number of carbonyl (C=O) groups is 3. The van der Waals surface area contributed by atoms with Crippen LogP contribution < -0.4 is 5.11 Å². The van der Waals surface area contributed by atoms with Gasteiger partial charge in [-0.1, -0.05) is 237 Å². The third-order valence-corrected chi connectivity index (χ3v) is 12.6. The number of ether oxygens (including phenoxy) is 4. The Bertz CT molecular complexity index is 1210. The standard InChI is InChI=1S/C59H109NO8/c1-6-8-10-12-14-16-18-20-22-23-24-25-26-27-28-29-30-31-32-33-34-35-36-38-40-42-44-46-48-50-57(62)68-55(54-67-59(58(63)64)65-52-51-60(3,4)5)53-66-56(61)49-47-45-43-41-39-37-21-19-17-15-13-11-9-7-2/h18,20,23-24,26-27,55,59H,6-17,19,21-22,25,28-54H2,1-5H3/b20-18-,24-23-,27-26-. The van der Waals surface area contributed by atoms with Crippen molar-refractivity contribution in [3.63, 3.8) is 0 Å². The van der Waals surface area contributed by atoms with Gasteiger partial charge in [0.1, 0.15) is 13.2 Å². The molecule has 68 heavy (non-hydrogen) atoms. The number of hydrogen-bond acceptors (Lipinski definition) is 8. The zero-order valence-electron chi connectivity index (χ0n) is 45.2. The lowest BCUT2D eigenvalue weighted by Gasteiger charge is -2.26. The molecule has 9 heteroatoms. The summed E-state index contributed by atoms with van der Waals surface area (Å²) in [7, 11) is 5.92. The van der Waals surface area contributed by atoms with Gasteiger partial charge < -0.3 is 33.3 Å². The van der Waals surface area contributed by atoms with E-state index >= 15 is 0 Å². The molecule has 2 atom stereocenters. The summed E-state index contributed by atoms with van der Waals surface area (Å²) >= 11 is 0. The molecule has 398 valence electrons. The van der Waals surface area contributed by atoms with Gasteiger partial charge in [-0.05, 0) is 51.4 Å². The van der Waals surface area contributed by atoms with E-state index in [0.717, 1.165) is 44.9 Å². The largest absolute Gasteiger partial charge is 0.545 e. The van der Waals surface area contributed by atoms with Gasteiger partial charge in [0.05, 0.1) is 40.3 Å². The van der Waals surface area contributed by atoms with Crippen LogP contribution in [0.5, 0.6) is 0 Å². The summed E-state index contributed by atoms with van der Waals surface area (Å²) in [6.45, 7) is 4.76. The Morgan fingerprint density at radius 3 is 1.18 bits per heavy atom. The zero-order valence-corrected chi connectivity index (χ0v) is 45.2. The molecule has 0 bridgehead atoms. The number of carboxylic acid groups (broad SMARTS) is 1. The number of unbranched alkanes of at least 4 members (excludes halogenated alkanes) is 32. The van der Waals surface area contributed by atoms with Gasteiger partial charge in [-0.2, -0.15) is 0 Å². The fraction of sp³-hybridized carbons (Fsp3) is 0.847. The lowest BCUT2D eigenvalue weighted by atomic mass is 10.0. The summed E-state index contributed by atoms with van der Waals surface area (Å²) < 4.78 is 22.7. The predicted octanol–water partition coefficient (Wildman–Crippen LogP) is 15.2. The Morgan fingerprint density at radius 1 is 0.441 bits per heavy atom. The monoisotopic (exact) mass is 960 g/mol. The average molecular weight is 961 g/mol. The second-order valence-electron chi connectivity index (χ2n) is 20.6. The molecule has 0 radical (unpaired) electrons. The van der Waals surface area contributed by atoms with E-state index in [-0.39, 0.29) is 32.2 Å². The lowest BCUT2D eigenvalue weighted by Crippen LogP contribution is -2.44. The van der Waals surface area contributed by atoms with Crippen LogP contribution in [-0.4, -0.2) is 82.3 Å². The molecule has 0 aromatic rings. The van der Waals surface area contributed by atoms with Crippen molar-refractivity contribution in [2.45, 2.75) is 277 Å². The smallest absolute Gasteiger partial charge is 0.306 e. The first-order valence-electron chi connectivity index (χ1n) is 28.6. The van der Waals surface area contributed by atoms with E-state index < -0.39 is 24.3 Å². The van der Waals surface area contributed by atoms with Crippen molar-refractivity contribution in [1.82, 2.24) is 0 Å². The fourth-order valence-electron chi connectivity index (χ4n) is 8.19. The highest BCUT2D eigenvalue weighted by Gasteiger charge is 2.22. The molecule has 0 spiro atoms. The van der Waals surface area contributed by atoms with Gasteiger partial charge in [0.25, 0.3) is 0 Å². The minimum absolute atomic E-state index is 0.149. The first-order chi connectivity index (χ1) is 33.1. The lowest BCUT2D eigenvalue weighted by molar-refractivity contribution is -0.870. The first-order valence-corrected chi connectivity index (χ1v) is 28.6. The molecule has 0 aromatic carbocycles. The SMILES string of the molecule is CCCCCCC/C=C\C/C=C\C/C=C\CCCCCCCCCCCCCCCCC(=O)OC(COC(=O)CCCCCCCCCCCCCCCC)COC(OCC[N+](C)(C)C)C(=O)[O-]. The second kappa shape index (κ2) is 50.9. The van der Waals surface area contributed by atoms with Gasteiger partial charge >= 0.3 is 11.9 Å². The number of quaternary nitrogens is 1. The molecule has 0 N–H and O–H groups in total. The van der Waals surface area contributed by atoms with Crippen LogP contribution in [0.1, 0.15) is 264 Å². The highest BCUT2D eigenvalue weighted by Crippen LogP contribution is 2.16. The van der Waals surface area contributed by atoms with Crippen LogP contribution in [0.25, 0.3) is 0 Å². The molecule has 0 heterocycles. The second-order valence-corrected chi connectivity index (χ2v) is 20.6. The topological polar surface area (TPSA) is 111 Å². The Hall–Kier alpha value is -2.49. The fourth-order valence-corrected chi connectivity index (χ4v) is 8.19. The molecule has 0 aliphatic heterocycles. The van der Waals surface area contributed by atoms with Crippen LogP contribution in [0.2, 0.25) is 0 Å². The molecule has 0 aromatic heterocycles. The van der Waals surface area contributed by atoms with Gasteiger partial charge in [0.15, 0.2) is 12.4 Å². The van der Waals surface area contributed by atoms with Gasteiger partial charge in [0, 0.05) is 12.8 Å². The maximum Gasteiger partial charge on any atom is 0.306 e. The van der Waals surface area contributed by atoms with E-state index in [0.29, 0.717) is 23.9 Å². The van der Waals surface area contributed by atoms with Crippen LogP contribution >= 0.6 is 0 Å². The minimum Gasteiger partial charge on any atom is -0.545 e. The molecular formula is C59H109NO8. The number of aliphatic carboxylic acids is 1. The van der Waals surface area contributed by atoms with E-state index in [1.165, 1.54) is 186 Å². The minimum atomic E-state index is -1.62. The van der Waals surface area contributed by atoms with Gasteiger partial charge in [-0.15, -0.1) is 0 Å². The van der Waals surface area contributed by atoms with Gasteiger partial charge in [-0.25, -0.2) is 0 Å². The van der Waals surface area contributed by atoms with E-state index in [4.69, 9.17) is 18.9 Å². The van der Waals surface area contributed by atoms with Gasteiger partial charge in [0.2, 0.25) is 0 Å². The highest BCUT2D eigenvalue weighted by molar-refractivity contribution is 5.70. The number of carboxylic acids is 1. The Morgan fingerprint density at radius 2 is 0.794 bits per heavy atom. The number of esters is 2. The molecular weight excluding hydrogens is 851 g/mol.